The summed E-state index contributed by atoms with van der Waals surface area (Å²) in [5.74, 6) is 1.15. The molecular formula is C18H21BrN2O2. The van der Waals surface area contributed by atoms with Crippen molar-refractivity contribution in [2.45, 2.75) is 45.6 Å². The van der Waals surface area contributed by atoms with Crippen molar-refractivity contribution in [3.05, 3.63) is 39.6 Å². The van der Waals surface area contributed by atoms with E-state index in [-0.39, 0.29) is 5.97 Å². The molecule has 23 heavy (non-hydrogen) atoms. The zero-order chi connectivity index (χ0) is 16.7. The Morgan fingerprint density at radius 3 is 2.70 bits per heavy atom. The van der Waals surface area contributed by atoms with Crippen LogP contribution in [0.2, 0.25) is 0 Å². The molecule has 5 rings (SSSR count). The van der Waals surface area contributed by atoms with Crippen LogP contribution in [0.15, 0.2) is 22.7 Å². The summed E-state index contributed by atoms with van der Waals surface area (Å²) >= 11 is 3.54. The molecule has 0 saturated heterocycles. The monoisotopic (exact) mass is 376 g/mol. The maximum Gasteiger partial charge on any atom is 0.358 e. The van der Waals surface area contributed by atoms with Gasteiger partial charge in [0, 0.05) is 21.8 Å². The molecule has 1 saturated carbocycles. The number of carbonyl (C=O) groups excluding carboxylic acids is 1. The smallest absolute Gasteiger partial charge is 0.358 e. The largest absolute Gasteiger partial charge is 0.464 e. The Labute approximate surface area is 145 Å². The van der Waals surface area contributed by atoms with Gasteiger partial charge < -0.3 is 9.30 Å². The van der Waals surface area contributed by atoms with Gasteiger partial charge in [-0.15, -0.1) is 0 Å². The van der Waals surface area contributed by atoms with Crippen LogP contribution in [0, 0.1) is 6.92 Å². The Hall–Kier alpha value is -1.62. The minimum atomic E-state index is -0.361. The molecule has 1 aromatic heterocycles. The zero-order valence-electron chi connectivity index (χ0n) is 13.9. The molecule has 2 aliphatic heterocycles. The van der Waals surface area contributed by atoms with E-state index in [2.05, 4.69) is 43.7 Å². The molecule has 2 aromatic rings. The Bertz CT molecular complexity index is 761. The summed E-state index contributed by atoms with van der Waals surface area (Å²) in [7, 11) is 1.40. The molecule has 4 nitrogen and oxygen atoms in total. The van der Waals surface area contributed by atoms with Crippen molar-refractivity contribution in [1.29, 1.82) is 0 Å². The van der Waals surface area contributed by atoms with Gasteiger partial charge in [0.15, 0.2) is 5.69 Å². The number of imidazole rings is 1. The number of methoxy groups -OCH3 is 1. The summed E-state index contributed by atoms with van der Waals surface area (Å²) < 4.78 is 8.12. The number of carbonyl (C=O) groups is 1. The molecule has 0 radical (unpaired) electrons. The van der Waals surface area contributed by atoms with Crippen LogP contribution >= 0.6 is 15.9 Å². The molecule has 0 unspecified atom stereocenters. The van der Waals surface area contributed by atoms with Gasteiger partial charge in [0.25, 0.3) is 0 Å². The number of esters is 1. The van der Waals surface area contributed by atoms with Crippen LogP contribution < -0.4 is 0 Å². The van der Waals surface area contributed by atoms with Crippen molar-refractivity contribution in [1.82, 2.24) is 9.55 Å². The molecule has 1 aromatic carbocycles. The van der Waals surface area contributed by atoms with Gasteiger partial charge in [0.1, 0.15) is 5.82 Å². The van der Waals surface area contributed by atoms with Crippen LogP contribution in [-0.2, 0) is 4.74 Å². The van der Waals surface area contributed by atoms with Gasteiger partial charge in [-0.05, 0) is 43.4 Å². The number of ether oxygens (including phenoxy) is 1. The van der Waals surface area contributed by atoms with E-state index in [1.807, 2.05) is 20.8 Å². The quantitative estimate of drug-likeness (QED) is 0.667. The zero-order valence-corrected chi connectivity index (χ0v) is 15.5. The minimum absolute atomic E-state index is 0.361. The van der Waals surface area contributed by atoms with Gasteiger partial charge in [-0.1, -0.05) is 35.8 Å². The average Bonchev–Trinajstić information content (AvgIpc) is 2.72. The van der Waals surface area contributed by atoms with E-state index in [0.717, 1.165) is 34.4 Å². The van der Waals surface area contributed by atoms with E-state index in [1.165, 1.54) is 12.7 Å². The van der Waals surface area contributed by atoms with E-state index in [1.54, 1.807) is 0 Å². The van der Waals surface area contributed by atoms with Crippen LogP contribution in [0.3, 0.4) is 0 Å². The number of rotatable bonds is 1. The predicted molar refractivity (Wildman–Crippen MR) is 93.8 cm³/mol. The van der Waals surface area contributed by atoms with Gasteiger partial charge in [-0.2, -0.15) is 0 Å². The van der Waals surface area contributed by atoms with Crippen LogP contribution in [-0.4, -0.2) is 22.6 Å². The minimum Gasteiger partial charge on any atom is -0.464 e. The fraction of sp³-hybridized carbons (Fsp3) is 0.444. The fourth-order valence-corrected chi connectivity index (χ4v) is 3.93. The van der Waals surface area contributed by atoms with Gasteiger partial charge in [-0.25, -0.2) is 9.78 Å². The first-order valence-electron chi connectivity index (χ1n) is 8.07. The highest BCUT2D eigenvalue weighted by Gasteiger charge is 2.40. The first-order valence-corrected chi connectivity index (χ1v) is 8.86. The van der Waals surface area contributed by atoms with Gasteiger partial charge in [0.05, 0.1) is 7.11 Å². The van der Waals surface area contributed by atoms with Crippen molar-refractivity contribution in [3.63, 3.8) is 0 Å². The highest BCUT2D eigenvalue weighted by Crippen LogP contribution is 2.52. The standard InChI is InChI=1S/C16H15BrN2O2.C2H6/c1-8-14(16(20)21-2)18-15-13-7-10(17)3-4-12(13)9-5-11(6-9)19(8)15;1-2/h3-4,7,9,11H,5-6H2,1-2H3;1-2H3. The second-order valence-electron chi connectivity index (χ2n) is 5.78. The van der Waals surface area contributed by atoms with Crippen LogP contribution in [0.25, 0.3) is 11.4 Å². The molecule has 0 N–H and O–H groups in total. The van der Waals surface area contributed by atoms with E-state index in [0.29, 0.717) is 17.7 Å². The summed E-state index contributed by atoms with van der Waals surface area (Å²) in [6.07, 6.45) is 2.25. The van der Waals surface area contributed by atoms with E-state index < -0.39 is 0 Å². The number of hydrogen-bond donors (Lipinski definition) is 0. The summed E-state index contributed by atoms with van der Waals surface area (Å²) in [6, 6.07) is 6.81. The van der Waals surface area contributed by atoms with E-state index in [4.69, 9.17) is 4.74 Å². The first-order chi connectivity index (χ1) is 11.1. The summed E-state index contributed by atoms with van der Waals surface area (Å²) in [6.45, 7) is 5.96. The van der Waals surface area contributed by atoms with Crippen LogP contribution in [0.1, 0.15) is 60.4 Å². The number of hydrogen-bond acceptors (Lipinski definition) is 3. The maximum atomic E-state index is 11.9. The summed E-state index contributed by atoms with van der Waals surface area (Å²) in [4.78, 5) is 16.5. The average molecular weight is 377 g/mol. The molecule has 0 atom stereocenters. The molecule has 1 fully saturated rings. The third-order valence-electron chi connectivity index (χ3n) is 4.70. The van der Waals surface area contributed by atoms with Crippen molar-refractivity contribution in [2.24, 2.45) is 0 Å². The Morgan fingerprint density at radius 1 is 1.35 bits per heavy atom. The fourth-order valence-electron chi connectivity index (χ4n) is 3.57. The van der Waals surface area contributed by atoms with E-state index >= 15 is 0 Å². The lowest BCUT2D eigenvalue weighted by Crippen LogP contribution is -2.24. The topological polar surface area (TPSA) is 44.1 Å². The number of benzene rings is 1. The van der Waals surface area contributed by atoms with Crippen molar-refractivity contribution in [2.75, 3.05) is 7.11 Å². The highest BCUT2D eigenvalue weighted by atomic mass is 79.9. The lowest BCUT2D eigenvalue weighted by molar-refractivity contribution is 0.0593. The first kappa shape index (κ1) is 16.2. The molecule has 5 heteroatoms. The number of nitrogens with zero attached hydrogens (tertiary/aromatic N) is 2. The SMILES string of the molecule is CC.COC(=O)c1nc2n(c1C)C1CC(C1)c1ccc(Br)cc1-2. The van der Waals surface area contributed by atoms with Gasteiger partial charge in [-0.3, -0.25) is 0 Å². The second kappa shape index (κ2) is 6.11. The molecular weight excluding hydrogens is 356 g/mol. The normalized spacial score (nSPS) is 20.2. The molecule has 3 heterocycles. The van der Waals surface area contributed by atoms with Crippen molar-refractivity contribution in [3.8, 4) is 11.4 Å². The Morgan fingerprint density at radius 2 is 2.04 bits per heavy atom. The Kier molecular flexibility index (Phi) is 4.32. The lowest BCUT2D eigenvalue weighted by Gasteiger charge is -2.35. The Balaban J connectivity index is 0.000000753. The molecule has 0 amide bonds. The van der Waals surface area contributed by atoms with Crippen LogP contribution in [0.4, 0.5) is 0 Å². The number of halogens is 1. The van der Waals surface area contributed by atoms with E-state index in [9.17, 15) is 4.79 Å². The molecule has 3 aliphatic rings. The van der Waals surface area contributed by atoms with Crippen molar-refractivity contribution >= 4 is 21.9 Å². The lowest BCUT2D eigenvalue weighted by atomic mass is 9.76. The molecule has 2 bridgehead atoms. The second-order valence-corrected chi connectivity index (χ2v) is 6.70. The van der Waals surface area contributed by atoms with Crippen molar-refractivity contribution < 1.29 is 9.53 Å². The third-order valence-corrected chi connectivity index (χ3v) is 5.20. The summed E-state index contributed by atoms with van der Waals surface area (Å²) in [5, 5.41) is 0. The maximum absolute atomic E-state index is 11.9. The van der Waals surface area contributed by atoms with Gasteiger partial charge >= 0.3 is 5.97 Å². The third kappa shape index (κ3) is 2.42. The predicted octanol–water partition coefficient (Wildman–Crippen LogP) is 4.87. The molecule has 122 valence electrons. The molecule has 1 aliphatic carbocycles. The van der Waals surface area contributed by atoms with Gasteiger partial charge in [0.2, 0.25) is 0 Å². The summed E-state index contributed by atoms with van der Waals surface area (Å²) in [5.41, 5.74) is 3.82. The number of aromatic nitrogens is 2. The molecule has 0 spiro atoms. The highest BCUT2D eigenvalue weighted by molar-refractivity contribution is 9.10. The van der Waals surface area contributed by atoms with Crippen LogP contribution in [0.5, 0.6) is 0 Å².